The molecule has 23 heavy (non-hydrogen) atoms. The van der Waals surface area contributed by atoms with Crippen LogP contribution in [0.5, 0.6) is 0 Å². The number of hydrogen-bond donors (Lipinski definition) is 1. The van der Waals surface area contributed by atoms with Crippen LogP contribution >= 0.6 is 11.6 Å². The Morgan fingerprint density at radius 2 is 2.35 bits per heavy atom. The second kappa shape index (κ2) is 5.43. The molecule has 1 aromatic rings. The van der Waals surface area contributed by atoms with E-state index in [0.29, 0.717) is 13.1 Å². The number of halogens is 2. The number of ether oxygens (including phenoxy) is 1. The van der Waals surface area contributed by atoms with Crippen molar-refractivity contribution in [2.24, 2.45) is 11.8 Å². The minimum absolute atomic E-state index is 0.0402. The van der Waals surface area contributed by atoms with Gasteiger partial charge in [-0.2, -0.15) is 0 Å². The largest absolute Gasteiger partial charge is 0.396 e. The average Bonchev–Trinajstić information content (AvgIpc) is 3.17. The molecule has 6 heteroatoms. The van der Waals surface area contributed by atoms with Crippen LogP contribution in [0.1, 0.15) is 18.4 Å². The minimum Gasteiger partial charge on any atom is -0.396 e. The van der Waals surface area contributed by atoms with E-state index in [0.717, 1.165) is 12.8 Å². The van der Waals surface area contributed by atoms with E-state index in [1.807, 2.05) is 0 Å². The van der Waals surface area contributed by atoms with E-state index in [4.69, 9.17) is 16.3 Å². The van der Waals surface area contributed by atoms with Crippen molar-refractivity contribution in [3.63, 3.8) is 0 Å². The van der Waals surface area contributed by atoms with Crippen LogP contribution in [0, 0.1) is 17.7 Å². The lowest BCUT2D eigenvalue weighted by Crippen LogP contribution is -2.38. The highest BCUT2D eigenvalue weighted by molar-refractivity contribution is 6.31. The summed E-state index contributed by atoms with van der Waals surface area (Å²) >= 11 is 6.01. The van der Waals surface area contributed by atoms with Crippen LogP contribution in [0.2, 0.25) is 5.02 Å². The molecule has 1 spiro atoms. The van der Waals surface area contributed by atoms with E-state index >= 15 is 0 Å². The number of likely N-dealkylation sites (tertiary alicyclic amines) is 1. The lowest BCUT2D eigenvalue weighted by Gasteiger charge is -2.27. The Kier molecular flexibility index (Phi) is 3.63. The summed E-state index contributed by atoms with van der Waals surface area (Å²) in [6.45, 7) is 1.21. The number of nitrogens with zero attached hydrogens (tertiary/aromatic N) is 1. The van der Waals surface area contributed by atoms with Gasteiger partial charge >= 0.3 is 0 Å². The van der Waals surface area contributed by atoms with Crippen molar-refractivity contribution in [1.82, 2.24) is 4.90 Å². The van der Waals surface area contributed by atoms with Crippen molar-refractivity contribution in [2.75, 3.05) is 19.7 Å². The summed E-state index contributed by atoms with van der Waals surface area (Å²) in [5.74, 6) is -0.289. The number of hydrogen-bond acceptors (Lipinski definition) is 3. The maximum absolute atomic E-state index is 13.9. The second-order valence-corrected chi connectivity index (χ2v) is 7.27. The molecule has 0 aromatic heterocycles. The molecule has 0 radical (unpaired) electrons. The Morgan fingerprint density at radius 3 is 3.09 bits per heavy atom. The Balaban J connectivity index is 1.51. The number of fused-ring (bicyclic) bond motifs is 1. The maximum atomic E-state index is 13.9. The van der Waals surface area contributed by atoms with Gasteiger partial charge < -0.3 is 14.7 Å². The number of amides is 1. The molecule has 1 N–H and O–H groups in total. The van der Waals surface area contributed by atoms with Gasteiger partial charge in [0.1, 0.15) is 5.82 Å². The van der Waals surface area contributed by atoms with E-state index in [-0.39, 0.29) is 53.1 Å². The van der Waals surface area contributed by atoms with Crippen LogP contribution in [-0.4, -0.2) is 47.3 Å². The summed E-state index contributed by atoms with van der Waals surface area (Å²) in [6.07, 6.45) is 1.97. The second-order valence-electron chi connectivity index (χ2n) is 6.86. The molecule has 2 bridgehead atoms. The first kappa shape index (κ1) is 15.4. The van der Waals surface area contributed by atoms with Gasteiger partial charge in [-0.3, -0.25) is 4.79 Å². The highest BCUT2D eigenvalue weighted by Crippen LogP contribution is 2.54. The van der Waals surface area contributed by atoms with Crippen molar-refractivity contribution in [1.29, 1.82) is 0 Å². The van der Waals surface area contributed by atoms with Gasteiger partial charge in [0.05, 0.1) is 24.7 Å². The van der Waals surface area contributed by atoms with Gasteiger partial charge in [-0.25, -0.2) is 4.39 Å². The molecule has 4 nitrogen and oxygen atoms in total. The number of benzene rings is 1. The van der Waals surface area contributed by atoms with E-state index in [9.17, 15) is 14.3 Å². The molecule has 3 fully saturated rings. The monoisotopic (exact) mass is 339 g/mol. The van der Waals surface area contributed by atoms with Gasteiger partial charge in [0, 0.05) is 35.6 Å². The smallest absolute Gasteiger partial charge is 0.227 e. The molecule has 1 aromatic carbocycles. The maximum Gasteiger partial charge on any atom is 0.227 e. The molecule has 3 saturated heterocycles. The van der Waals surface area contributed by atoms with Crippen molar-refractivity contribution >= 4 is 17.5 Å². The van der Waals surface area contributed by atoms with Crippen LogP contribution in [-0.2, 0) is 16.0 Å². The van der Waals surface area contributed by atoms with Crippen molar-refractivity contribution in [3.8, 4) is 0 Å². The summed E-state index contributed by atoms with van der Waals surface area (Å²) in [7, 11) is 0. The number of rotatable bonds is 3. The number of aliphatic hydroxyl groups excluding tert-OH is 1. The summed E-state index contributed by atoms with van der Waals surface area (Å²) in [6, 6.07) is 4.44. The lowest BCUT2D eigenvalue weighted by molar-refractivity contribution is -0.131. The fraction of sp³-hybridized carbons (Fsp3) is 0.588. The van der Waals surface area contributed by atoms with Gasteiger partial charge in [0.2, 0.25) is 5.91 Å². The van der Waals surface area contributed by atoms with E-state index < -0.39 is 5.82 Å². The molecule has 4 atom stereocenters. The summed E-state index contributed by atoms with van der Waals surface area (Å²) in [5.41, 5.74) is -0.0510. The van der Waals surface area contributed by atoms with E-state index in [1.165, 1.54) is 12.1 Å². The molecule has 0 unspecified atom stereocenters. The molecule has 1 amide bonds. The zero-order valence-corrected chi connectivity index (χ0v) is 13.4. The van der Waals surface area contributed by atoms with Crippen LogP contribution in [0.25, 0.3) is 0 Å². The molecule has 3 aliphatic rings. The minimum atomic E-state index is -0.450. The quantitative estimate of drug-likeness (QED) is 0.916. The summed E-state index contributed by atoms with van der Waals surface area (Å²) in [4.78, 5) is 14.3. The molecule has 4 rings (SSSR count). The molecular weight excluding hydrogens is 321 g/mol. The van der Waals surface area contributed by atoms with E-state index in [2.05, 4.69) is 0 Å². The zero-order chi connectivity index (χ0) is 16.2. The van der Waals surface area contributed by atoms with Gasteiger partial charge in [-0.05, 0) is 25.0 Å². The first-order valence-electron chi connectivity index (χ1n) is 8.03. The van der Waals surface area contributed by atoms with Gasteiger partial charge in [-0.1, -0.05) is 17.7 Å². The highest BCUT2D eigenvalue weighted by Gasteiger charge is 2.63. The molecule has 3 heterocycles. The summed E-state index contributed by atoms with van der Waals surface area (Å²) < 4.78 is 20.0. The third-order valence-electron chi connectivity index (χ3n) is 5.74. The molecule has 124 valence electrons. The Labute approximate surface area is 139 Å². The SMILES string of the molecule is O=C(Cc1c(F)cccc1Cl)N1C[C@@H]2[C@H](CO)[C@H]3CC[C@]2(C1)O3. The molecule has 0 aliphatic carbocycles. The normalized spacial score (nSPS) is 34.9. The third-order valence-corrected chi connectivity index (χ3v) is 6.09. The molecular formula is C17H19ClFNO3. The van der Waals surface area contributed by atoms with Gasteiger partial charge in [-0.15, -0.1) is 0 Å². The van der Waals surface area contributed by atoms with Gasteiger partial charge in [0.25, 0.3) is 0 Å². The zero-order valence-electron chi connectivity index (χ0n) is 12.7. The van der Waals surface area contributed by atoms with E-state index in [1.54, 1.807) is 11.0 Å². The van der Waals surface area contributed by atoms with Crippen molar-refractivity contribution in [3.05, 3.63) is 34.6 Å². The van der Waals surface area contributed by atoms with Crippen molar-refractivity contribution < 1.29 is 19.0 Å². The molecule has 0 saturated carbocycles. The number of aliphatic hydroxyl groups is 1. The Morgan fingerprint density at radius 1 is 1.52 bits per heavy atom. The lowest BCUT2D eigenvalue weighted by atomic mass is 9.74. The molecule has 3 aliphatic heterocycles. The number of carbonyl (C=O) groups is 1. The predicted molar refractivity (Wildman–Crippen MR) is 82.6 cm³/mol. The predicted octanol–water partition coefficient (Wildman–Crippen LogP) is 2.02. The topological polar surface area (TPSA) is 49.8 Å². The fourth-order valence-corrected chi connectivity index (χ4v) is 4.82. The van der Waals surface area contributed by atoms with Crippen LogP contribution in [0.3, 0.4) is 0 Å². The Hall–Kier alpha value is -1.17. The highest BCUT2D eigenvalue weighted by atomic mass is 35.5. The summed E-state index contributed by atoms with van der Waals surface area (Å²) in [5, 5.41) is 9.89. The van der Waals surface area contributed by atoms with Crippen LogP contribution in [0.4, 0.5) is 4.39 Å². The van der Waals surface area contributed by atoms with Gasteiger partial charge in [0.15, 0.2) is 0 Å². The number of carbonyl (C=O) groups excluding carboxylic acids is 1. The van der Waals surface area contributed by atoms with Crippen LogP contribution < -0.4 is 0 Å². The Bertz CT molecular complexity index is 634. The van der Waals surface area contributed by atoms with Crippen LogP contribution in [0.15, 0.2) is 18.2 Å². The standard InChI is InChI=1S/C17H19ClFNO3/c18-13-2-1-3-14(19)10(13)6-16(22)20-7-12-11(8-21)15-4-5-17(12,9-20)23-15/h1-3,11-12,15,21H,4-9H2/t11-,12+,15+,17+/m0/s1. The third kappa shape index (κ3) is 2.29. The average molecular weight is 340 g/mol. The first-order valence-corrected chi connectivity index (χ1v) is 8.41. The van der Waals surface area contributed by atoms with Crippen molar-refractivity contribution in [2.45, 2.75) is 31.0 Å². The fourth-order valence-electron chi connectivity index (χ4n) is 4.59. The first-order chi connectivity index (χ1) is 11.0.